The summed E-state index contributed by atoms with van der Waals surface area (Å²) in [4.78, 5) is 100. The van der Waals surface area contributed by atoms with E-state index in [0.717, 1.165) is 16.3 Å². The van der Waals surface area contributed by atoms with Gasteiger partial charge < -0.3 is 43.0 Å². The zero-order chi connectivity index (χ0) is 45.5. The first kappa shape index (κ1) is 47.7. The molecule has 1 saturated heterocycles. The number of carbonyl (C=O) groups is 7. The number of carbonyl (C=O) groups excluding carboxylic acids is 7. The number of nitrogens with one attached hydrogen (secondary N) is 5. The van der Waals surface area contributed by atoms with E-state index in [-0.39, 0.29) is 32.2 Å². The first-order valence-corrected chi connectivity index (χ1v) is 21.5. The molecule has 2 heterocycles. The summed E-state index contributed by atoms with van der Waals surface area (Å²) in [6.45, 7) is 3.34. The van der Waals surface area contributed by atoms with Gasteiger partial charge in [0.25, 0.3) is 0 Å². The molecule has 17 heteroatoms. The lowest BCUT2D eigenvalue weighted by Gasteiger charge is -2.30. The Kier molecular flexibility index (Phi) is 17.5. The second-order valence-electron chi connectivity index (χ2n) is 15.8. The Morgan fingerprint density at radius 2 is 1.33 bits per heavy atom. The van der Waals surface area contributed by atoms with Gasteiger partial charge in [-0.05, 0) is 91.7 Å². The molecule has 0 radical (unpaired) electrons. The van der Waals surface area contributed by atoms with Crippen molar-refractivity contribution in [2.45, 2.75) is 101 Å². The van der Waals surface area contributed by atoms with Crippen molar-refractivity contribution in [3.05, 3.63) is 113 Å². The number of halogens is 1. The smallest absolute Gasteiger partial charge is 0.245 e. The molecule has 1 fully saturated rings. The lowest BCUT2D eigenvalue weighted by Crippen LogP contribution is -2.60. The van der Waals surface area contributed by atoms with E-state index in [9.17, 15) is 33.6 Å². The van der Waals surface area contributed by atoms with E-state index in [2.05, 4.69) is 31.6 Å². The van der Waals surface area contributed by atoms with Crippen molar-refractivity contribution in [2.75, 3.05) is 13.1 Å². The van der Waals surface area contributed by atoms with Crippen LogP contribution < -0.4 is 38.1 Å². The number of aromatic nitrogens is 1. The summed E-state index contributed by atoms with van der Waals surface area (Å²) in [6.07, 6.45) is 3.65. The van der Waals surface area contributed by atoms with Crippen LogP contribution in [0.5, 0.6) is 0 Å². The van der Waals surface area contributed by atoms with E-state index < -0.39 is 77.6 Å². The monoisotopic (exact) mass is 881 g/mol. The van der Waals surface area contributed by atoms with E-state index >= 15 is 0 Å². The maximum Gasteiger partial charge on any atom is 0.245 e. The number of nitrogens with two attached hydrogens (primary N) is 2. The molecule has 0 spiro atoms. The van der Waals surface area contributed by atoms with Crippen molar-refractivity contribution in [3.63, 3.8) is 0 Å². The van der Waals surface area contributed by atoms with Crippen molar-refractivity contribution < 1.29 is 33.6 Å². The summed E-state index contributed by atoms with van der Waals surface area (Å²) in [7, 11) is 0. The Labute approximate surface area is 371 Å². The maximum atomic E-state index is 14.5. The third-order valence-electron chi connectivity index (χ3n) is 10.9. The molecule has 63 heavy (non-hydrogen) atoms. The molecule has 6 atom stereocenters. The van der Waals surface area contributed by atoms with Gasteiger partial charge in [-0.1, -0.05) is 72.3 Å². The number of hydrogen-bond donors (Lipinski definition) is 7. The van der Waals surface area contributed by atoms with Gasteiger partial charge in [0.15, 0.2) is 0 Å². The lowest BCUT2D eigenvalue weighted by atomic mass is 9.99. The van der Waals surface area contributed by atoms with Gasteiger partial charge in [0, 0.05) is 49.6 Å². The highest BCUT2D eigenvalue weighted by Gasteiger charge is 2.39. The predicted molar refractivity (Wildman–Crippen MR) is 239 cm³/mol. The number of unbranched alkanes of at least 4 members (excludes halogenated alkanes) is 1. The molecule has 5 rings (SSSR count). The molecule has 16 nitrogen and oxygen atoms in total. The average Bonchev–Trinajstić information content (AvgIpc) is 3.76. The van der Waals surface area contributed by atoms with Crippen LogP contribution >= 0.6 is 11.6 Å². The van der Waals surface area contributed by atoms with Gasteiger partial charge in [-0.3, -0.25) is 38.5 Å². The van der Waals surface area contributed by atoms with Crippen LogP contribution in [0.1, 0.15) is 62.8 Å². The summed E-state index contributed by atoms with van der Waals surface area (Å²) in [6, 6.07) is 18.8. The van der Waals surface area contributed by atoms with Crippen molar-refractivity contribution in [3.8, 4) is 0 Å². The highest BCUT2D eigenvalue weighted by molar-refractivity contribution is 6.30. The first-order chi connectivity index (χ1) is 30.2. The van der Waals surface area contributed by atoms with Crippen molar-refractivity contribution in [2.24, 2.45) is 11.5 Å². The number of hydrogen-bond acceptors (Lipinski definition) is 9. The van der Waals surface area contributed by atoms with Crippen molar-refractivity contribution in [1.29, 1.82) is 0 Å². The van der Waals surface area contributed by atoms with E-state index in [1.807, 2.05) is 42.5 Å². The van der Waals surface area contributed by atoms with E-state index in [1.165, 1.54) is 18.7 Å². The van der Waals surface area contributed by atoms with Gasteiger partial charge in [-0.25, -0.2) is 0 Å². The van der Waals surface area contributed by atoms with Crippen molar-refractivity contribution >= 4 is 63.7 Å². The first-order valence-electron chi connectivity index (χ1n) is 21.1. The molecule has 0 unspecified atom stereocenters. The third-order valence-corrected chi connectivity index (χ3v) is 11.1. The lowest BCUT2D eigenvalue weighted by molar-refractivity contribution is -0.142. The van der Waals surface area contributed by atoms with Gasteiger partial charge in [-0.15, -0.1) is 0 Å². The van der Waals surface area contributed by atoms with Crippen molar-refractivity contribution in [1.82, 2.24) is 36.5 Å². The fraction of sp³-hybridized carbons (Fsp3) is 0.391. The number of rotatable bonds is 21. The van der Waals surface area contributed by atoms with E-state index in [0.29, 0.717) is 48.5 Å². The molecule has 7 amide bonds. The SMILES string of the molecule is CC(=O)N[C@H](Cc1ccc2ccccc2c1)C(=O)N[C@H](Cc1ccc(Cl)cc1)C(=O)N[C@H](Cc1ccccn1)C(=O)N[C@@H](CCCCN)C(=O)N1CCC[C@H]1C(=O)N[C@H](C)C(N)=O. The van der Waals surface area contributed by atoms with Crippen LogP contribution in [0.15, 0.2) is 91.1 Å². The normalized spacial score (nSPS) is 15.9. The fourth-order valence-electron chi connectivity index (χ4n) is 7.51. The molecule has 1 aromatic heterocycles. The highest BCUT2D eigenvalue weighted by atomic mass is 35.5. The van der Waals surface area contributed by atoms with E-state index in [1.54, 1.807) is 48.7 Å². The number of fused-ring (bicyclic) bond motifs is 1. The van der Waals surface area contributed by atoms with Crippen LogP contribution in [-0.4, -0.2) is 101 Å². The maximum absolute atomic E-state index is 14.5. The summed E-state index contributed by atoms with van der Waals surface area (Å²) in [5.74, 6) is -4.26. The van der Waals surface area contributed by atoms with Gasteiger partial charge in [-0.2, -0.15) is 0 Å². The molecule has 0 aliphatic carbocycles. The van der Waals surface area contributed by atoms with Crippen LogP contribution in [0.2, 0.25) is 5.02 Å². The van der Waals surface area contributed by atoms with Crippen LogP contribution in [0.25, 0.3) is 10.8 Å². The number of nitrogens with zero attached hydrogens (tertiary/aromatic N) is 2. The summed E-state index contributed by atoms with van der Waals surface area (Å²) in [5.41, 5.74) is 13.0. The molecular formula is C46H56ClN9O7. The molecule has 1 aliphatic heterocycles. The van der Waals surface area contributed by atoms with Crippen LogP contribution in [0.4, 0.5) is 0 Å². The number of amides is 7. The second-order valence-corrected chi connectivity index (χ2v) is 16.2. The van der Waals surface area contributed by atoms with Gasteiger partial charge in [0.1, 0.15) is 36.3 Å². The predicted octanol–water partition coefficient (Wildman–Crippen LogP) is 1.99. The summed E-state index contributed by atoms with van der Waals surface area (Å²) >= 11 is 6.17. The Bertz CT molecular complexity index is 2240. The zero-order valence-electron chi connectivity index (χ0n) is 35.5. The molecule has 4 aromatic rings. The third kappa shape index (κ3) is 14.1. The van der Waals surface area contributed by atoms with Gasteiger partial charge in [0.05, 0.1) is 0 Å². The Balaban J connectivity index is 1.41. The fourth-order valence-corrected chi connectivity index (χ4v) is 7.64. The molecule has 0 bridgehead atoms. The number of likely N-dealkylation sites (tertiary alicyclic amines) is 1. The van der Waals surface area contributed by atoms with Crippen LogP contribution in [0.3, 0.4) is 0 Å². The Morgan fingerprint density at radius 1 is 0.730 bits per heavy atom. The number of pyridine rings is 1. The topological polar surface area (TPSA) is 248 Å². The molecule has 1 aliphatic rings. The molecule has 334 valence electrons. The standard InChI is InChI=1S/C46H56ClN9O7/c1-28(41(49)58)51-45(62)40-14-9-23-56(40)46(63)36(13-5-7-21-48)53-44(61)39(27-35-12-6-8-22-50-35)55-43(60)38(25-30-16-19-34(47)20-17-30)54-42(59)37(52-29(2)57)26-31-15-18-32-10-3-4-11-33(32)24-31/h3-4,6,8,10-12,15-20,22,24,28,36-40H,5,7,9,13-14,21,23,25-27,48H2,1-2H3,(H2,49,58)(H,51,62)(H,52,57)(H,53,61)(H,54,59)(H,55,60)/t28-,36+,37-,38-,39-,40+/m1/s1. The Morgan fingerprint density at radius 3 is 1.97 bits per heavy atom. The number of primary amides is 1. The molecular weight excluding hydrogens is 826 g/mol. The molecule has 9 N–H and O–H groups in total. The van der Waals surface area contributed by atoms with E-state index in [4.69, 9.17) is 23.1 Å². The second kappa shape index (κ2) is 23.2. The largest absolute Gasteiger partial charge is 0.368 e. The van der Waals surface area contributed by atoms with Crippen LogP contribution in [0, 0.1) is 0 Å². The summed E-state index contributed by atoms with van der Waals surface area (Å²) in [5, 5.41) is 16.2. The molecule has 3 aromatic carbocycles. The molecule has 0 saturated carbocycles. The minimum atomic E-state index is -1.29. The van der Waals surface area contributed by atoms with Crippen LogP contribution in [-0.2, 0) is 52.8 Å². The minimum absolute atomic E-state index is 0.0115. The van der Waals surface area contributed by atoms with Gasteiger partial charge in [0.2, 0.25) is 41.4 Å². The minimum Gasteiger partial charge on any atom is -0.368 e. The zero-order valence-corrected chi connectivity index (χ0v) is 36.2. The Hall–Kier alpha value is -6.39. The number of benzene rings is 3. The summed E-state index contributed by atoms with van der Waals surface area (Å²) < 4.78 is 0. The highest BCUT2D eigenvalue weighted by Crippen LogP contribution is 2.21. The quantitative estimate of drug-likeness (QED) is 0.0604. The van der Waals surface area contributed by atoms with Gasteiger partial charge >= 0.3 is 0 Å². The average molecular weight is 882 g/mol.